The van der Waals surface area contributed by atoms with Crippen molar-refractivity contribution < 1.29 is 13.2 Å². The van der Waals surface area contributed by atoms with Gasteiger partial charge in [0.15, 0.2) is 5.96 Å². The van der Waals surface area contributed by atoms with Crippen molar-refractivity contribution in [2.45, 2.75) is 25.8 Å². The summed E-state index contributed by atoms with van der Waals surface area (Å²) in [7, 11) is 0.363. The Morgan fingerprint density at radius 1 is 1.41 bits per heavy atom. The van der Waals surface area contributed by atoms with Gasteiger partial charge in [0.2, 0.25) is 10.0 Å². The number of sulfonamides is 1. The van der Waals surface area contributed by atoms with Crippen molar-refractivity contribution in [3.05, 3.63) is 0 Å². The lowest BCUT2D eigenvalue weighted by Gasteiger charge is -2.30. The maximum Gasteiger partial charge on any atom is 0.211 e. The average Bonchev–Trinajstić information content (AvgIpc) is 2.43. The Balaban J connectivity index is 0.00000441. The van der Waals surface area contributed by atoms with Gasteiger partial charge in [0.05, 0.1) is 12.9 Å². The monoisotopic (exact) mass is 448 g/mol. The van der Waals surface area contributed by atoms with Gasteiger partial charge in [0.1, 0.15) is 0 Å². The Morgan fingerprint density at radius 2 is 2.00 bits per heavy atom. The highest BCUT2D eigenvalue weighted by Gasteiger charge is 2.24. The summed E-state index contributed by atoms with van der Waals surface area (Å²) in [6.07, 6.45) is 3.03. The third kappa shape index (κ3) is 7.93. The largest absolute Gasteiger partial charge is 0.383 e. The minimum absolute atomic E-state index is 0. The molecule has 1 atom stereocenters. The lowest BCUT2D eigenvalue weighted by molar-refractivity contribution is 0.179. The molecule has 1 unspecified atom stereocenters. The predicted octanol–water partition coefficient (Wildman–Crippen LogP) is 0.476. The summed E-state index contributed by atoms with van der Waals surface area (Å²) in [5.41, 5.74) is 0. The van der Waals surface area contributed by atoms with Gasteiger partial charge in [0.25, 0.3) is 0 Å². The topological polar surface area (TPSA) is 83.0 Å². The van der Waals surface area contributed by atoms with Crippen molar-refractivity contribution in [2.75, 3.05) is 46.7 Å². The van der Waals surface area contributed by atoms with Gasteiger partial charge >= 0.3 is 0 Å². The second-order valence-electron chi connectivity index (χ2n) is 5.56. The van der Waals surface area contributed by atoms with Gasteiger partial charge < -0.3 is 15.4 Å². The number of guanidine groups is 1. The molecule has 0 bridgehead atoms. The first-order valence-electron chi connectivity index (χ1n) is 7.28. The van der Waals surface area contributed by atoms with Crippen LogP contribution < -0.4 is 10.6 Å². The number of aliphatic imine (C=N–C) groups is 1. The molecule has 1 rings (SSSR count). The summed E-state index contributed by atoms with van der Waals surface area (Å²) in [6, 6.07) is 0.188. The molecule has 0 aliphatic carbocycles. The molecule has 132 valence electrons. The van der Waals surface area contributed by atoms with E-state index in [4.69, 9.17) is 4.74 Å². The van der Waals surface area contributed by atoms with Gasteiger partial charge in [-0.05, 0) is 25.7 Å². The van der Waals surface area contributed by atoms with Crippen molar-refractivity contribution >= 4 is 40.0 Å². The number of hydrogen-bond donors (Lipinski definition) is 2. The molecule has 0 aromatic carbocycles. The van der Waals surface area contributed by atoms with Gasteiger partial charge in [-0.2, -0.15) is 0 Å². The number of piperidine rings is 1. The number of nitrogens with one attached hydrogen (secondary N) is 2. The summed E-state index contributed by atoms with van der Waals surface area (Å²) < 4.78 is 29.5. The van der Waals surface area contributed by atoms with E-state index in [-0.39, 0.29) is 30.0 Å². The number of halogens is 1. The highest BCUT2D eigenvalue weighted by Crippen LogP contribution is 2.18. The van der Waals surface area contributed by atoms with E-state index in [1.54, 1.807) is 18.5 Å². The second-order valence-corrected chi connectivity index (χ2v) is 7.54. The molecule has 22 heavy (non-hydrogen) atoms. The van der Waals surface area contributed by atoms with E-state index in [1.165, 1.54) is 6.26 Å². The molecule has 1 heterocycles. The molecule has 7 nitrogen and oxygen atoms in total. The molecule has 0 radical (unpaired) electrons. The quantitative estimate of drug-likeness (QED) is 0.351. The first-order chi connectivity index (χ1) is 9.86. The molecule has 1 saturated heterocycles. The third-order valence-electron chi connectivity index (χ3n) is 3.62. The Labute approximate surface area is 151 Å². The maximum atomic E-state index is 11.5. The van der Waals surface area contributed by atoms with Gasteiger partial charge in [-0.25, -0.2) is 12.7 Å². The van der Waals surface area contributed by atoms with Crippen LogP contribution in [0.2, 0.25) is 0 Å². The summed E-state index contributed by atoms with van der Waals surface area (Å²) in [6.45, 7) is 4.67. The lowest BCUT2D eigenvalue weighted by atomic mass is 9.98. The van der Waals surface area contributed by atoms with Gasteiger partial charge in [0, 0.05) is 39.8 Å². The predicted molar refractivity (Wildman–Crippen MR) is 100 cm³/mol. The van der Waals surface area contributed by atoms with E-state index in [1.807, 2.05) is 6.92 Å². The van der Waals surface area contributed by atoms with Crippen molar-refractivity contribution in [3.63, 3.8) is 0 Å². The van der Waals surface area contributed by atoms with E-state index in [9.17, 15) is 8.42 Å². The fourth-order valence-corrected chi connectivity index (χ4v) is 3.28. The Kier molecular flexibility index (Phi) is 10.5. The molecule has 0 amide bonds. The van der Waals surface area contributed by atoms with Crippen LogP contribution in [-0.4, -0.2) is 71.4 Å². The number of methoxy groups -OCH3 is 1. The van der Waals surface area contributed by atoms with Crippen LogP contribution in [0.4, 0.5) is 0 Å². The SMILES string of the molecule is CN=C(NCC1CCN(S(C)(=O)=O)CC1)NC(C)COC.I. The molecule has 9 heteroatoms. The summed E-state index contributed by atoms with van der Waals surface area (Å²) in [4.78, 5) is 4.18. The molecule has 1 aliphatic rings. The molecule has 2 N–H and O–H groups in total. The zero-order chi connectivity index (χ0) is 15.9. The van der Waals surface area contributed by atoms with Crippen LogP contribution in [0.15, 0.2) is 4.99 Å². The Bertz CT molecular complexity index is 437. The smallest absolute Gasteiger partial charge is 0.211 e. The number of nitrogens with zero attached hydrogens (tertiary/aromatic N) is 2. The minimum atomic E-state index is -3.04. The lowest BCUT2D eigenvalue weighted by Crippen LogP contribution is -2.47. The van der Waals surface area contributed by atoms with E-state index >= 15 is 0 Å². The average molecular weight is 448 g/mol. The molecule has 0 saturated carbocycles. The molecular weight excluding hydrogens is 419 g/mol. The van der Waals surface area contributed by atoms with Gasteiger partial charge in [-0.3, -0.25) is 4.99 Å². The van der Waals surface area contributed by atoms with Gasteiger partial charge in [-0.1, -0.05) is 0 Å². The standard InChI is InChI=1S/C13H28N4O3S.HI/c1-11(10-20-3)16-13(14-2)15-9-12-5-7-17(8-6-12)21(4,18)19;/h11-12H,5-10H2,1-4H3,(H2,14,15,16);1H. The summed E-state index contributed by atoms with van der Waals surface area (Å²) in [5.74, 6) is 1.23. The first kappa shape index (κ1) is 21.9. The van der Waals surface area contributed by atoms with Crippen molar-refractivity contribution in [1.29, 1.82) is 0 Å². The van der Waals surface area contributed by atoms with Gasteiger partial charge in [-0.15, -0.1) is 24.0 Å². The Hall–Kier alpha value is -0.130. The zero-order valence-electron chi connectivity index (χ0n) is 13.8. The molecule has 1 aliphatic heterocycles. The van der Waals surface area contributed by atoms with Crippen LogP contribution in [0.5, 0.6) is 0 Å². The van der Waals surface area contributed by atoms with E-state index in [0.29, 0.717) is 25.6 Å². The highest BCUT2D eigenvalue weighted by molar-refractivity contribution is 14.0. The second kappa shape index (κ2) is 10.6. The van der Waals surface area contributed by atoms with Crippen LogP contribution >= 0.6 is 24.0 Å². The van der Waals surface area contributed by atoms with E-state index in [0.717, 1.165) is 25.3 Å². The highest BCUT2D eigenvalue weighted by atomic mass is 127. The Morgan fingerprint density at radius 3 is 2.45 bits per heavy atom. The van der Waals surface area contributed by atoms with Crippen LogP contribution in [0.3, 0.4) is 0 Å². The molecule has 0 aromatic rings. The fourth-order valence-electron chi connectivity index (χ4n) is 2.41. The number of rotatable bonds is 6. The molecular formula is C13H29IN4O3S. The number of hydrogen-bond acceptors (Lipinski definition) is 4. The summed E-state index contributed by atoms with van der Waals surface area (Å²) in [5, 5.41) is 6.55. The third-order valence-corrected chi connectivity index (χ3v) is 4.93. The first-order valence-corrected chi connectivity index (χ1v) is 9.13. The molecule has 0 spiro atoms. The normalized spacial score (nSPS) is 19.4. The van der Waals surface area contributed by atoms with Crippen molar-refractivity contribution in [1.82, 2.24) is 14.9 Å². The number of ether oxygens (including phenoxy) is 1. The van der Waals surface area contributed by atoms with Crippen LogP contribution in [0, 0.1) is 5.92 Å². The van der Waals surface area contributed by atoms with Crippen LogP contribution in [0.1, 0.15) is 19.8 Å². The molecule has 1 fully saturated rings. The minimum Gasteiger partial charge on any atom is -0.383 e. The maximum absolute atomic E-state index is 11.5. The van der Waals surface area contributed by atoms with E-state index in [2.05, 4.69) is 15.6 Å². The zero-order valence-corrected chi connectivity index (χ0v) is 17.0. The van der Waals surface area contributed by atoms with Crippen LogP contribution in [0.25, 0.3) is 0 Å². The van der Waals surface area contributed by atoms with E-state index < -0.39 is 10.0 Å². The summed E-state index contributed by atoms with van der Waals surface area (Å²) >= 11 is 0. The van der Waals surface area contributed by atoms with Crippen LogP contribution in [-0.2, 0) is 14.8 Å². The molecule has 0 aromatic heterocycles. The van der Waals surface area contributed by atoms with Crippen molar-refractivity contribution in [3.8, 4) is 0 Å². The fraction of sp³-hybridized carbons (Fsp3) is 0.923. The van der Waals surface area contributed by atoms with Crippen molar-refractivity contribution in [2.24, 2.45) is 10.9 Å².